The van der Waals surface area contributed by atoms with Crippen LogP contribution in [0.1, 0.15) is 0 Å². The van der Waals surface area contributed by atoms with Crippen molar-refractivity contribution in [1.29, 1.82) is 0 Å². The minimum absolute atomic E-state index is 0. The van der Waals surface area contributed by atoms with Crippen molar-refractivity contribution >= 4 is 48.9 Å². The van der Waals surface area contributed by atoms with E-state index in [1.165, 1.54) is 0 Å². The third kappa shape index (κ3) is 8.99. The Bertz CT molecular complexity index is 6.00. The molecule has 22 valence electrons. The molecule has 0 heterocycles. The first kappa shape index (κ1) is 16.6. The summed E-state index contributed by atoms with van der Waals surface area (Å²) >= 11 is 0.700. The van der Waals surface area contributed by atoms with Gasteiger partial charge in [0.05, 0.1) is 0 Å². The first-order valence-corrected chi connectivity index (χ1v) is 0.986. The summed E-state index contributed by atoms with van der Waals surface area (Å²) < 4.78 is 8.26. The first-order chi connectivity index (χ1) is 1.00. The summed E-state index contributed by atoms with van der Waals surface area (Å²) in [5.74, 6) is 0. The van der Waals surface area contributed by atoms with Crippen LogP contribution in [0.3, 0.4) is 0 Å². The van der Waals surface area contributed by atoms with Crippen molar-refractivity contribution in [2.75, 3.05) is 0 Å². The Hall–Kier alpha value is 2.02. The fourth-order valence-corrected chi connectivity index (χ4v) is 0. The normalized spacial score (nSPS) is 1.00. The molecule has 0 aromatic heterocycles. The average Bonchev–Trinajstić information content (AvgIpc) is 1.00. The molecular formula is H2BaMoO2. The molecule has 4 heteroatoms. The van der Waals surface area contributed by atoms with Gasteiger partial charge < -0.3 is 5.48 Å². The molecule has 0 fully saturated rings. The molecule has 0 saturated heterocycles. The third-order valence-corrected chi connectivity index (χ3v) is 0. The third-order valence-electron chi connectivity index (χ3n) is 0. The fourth-order valence-electron chi connectivity index (χ4n) is 0. The van der Waals surface area contributed by atoms with E-state index in [9.17, 15) is 0 Å². The van der Waals surface area contributed by atoms with Crippen molar-refractivity contribution in [2.45, 2.75) is 0 Å². The zero-order valence-corrected chi connectivity index (χ0v) is 10.6. The van der Waals surface area contributed by atoms with Crippen LogP contribution in [0.25, 0.3) is 0 Å². The second-order valence-electron chi connectivity index (χ2n) is 0. The Labute approximate surface area is 75.9 Å². The molecule has 2 nitrogen and oxygen atoms in total. The summed E-state index contributed by atoms with van der Waals surface area (Å²) in [6, 6.07) is 0. The van der Waals surface area contributed by atoms with Gasteiger partial charge in [-0.05, 0) is 0 Å². The maximum absolute atomic E-state index is 8.26. The van der Waals surface area contributed by atoms with Crippen molar-refractivity contribution in [3.05, 3.63) is 0 Å². The van der Waals surface area contributed by atoms with Crippen molar-refractivity contribution in [3.8, 4) is 0 Å². The van der Waals surface area contributed by atoms with E-state index in [1.54, 1.807) is 0 Å². The van der Waals surface area contributed by atoms with E-state index in [-0.39, 0.29) is 54.4 Å². The van der Waals surface area contributed by atoms with Crippen LogP contribution in [0.15, 0.2) is 0 Å². The van der Waals surface area contributed by atoms with Gasteiger partial charge in [-0.2, -0.15) is 0 Å². The Morgan fingerprint density at radius 1 is 1.25 bits per heavy atom. The van der Waals surface area contributed by atoms with Crippen LogP contribution < -0.4 is 0 Å². The second kappa shape index (κ2) is 19.9. The quantitative estimate of drug-likeness (QED) is 0.532. The van der Waals surface area contributed by atoms with Crippen LogP contribution in [-0.4, -0.2) is 54.4 Å². The SMILES string of the molecule is [BaH+].[OH-].[O]=[Mo]. The van der Waals surface area contributed by atoms with Crippen molar-refractivity contribution < 1.29 is 28.7 Å². The monoisotopic (exact) mass is 270 g/mol. The standard InChI is InChI=1S/Ba.Mo.H2O.O.H/h;;1H2;;/q+1;;;;/p-1. The molecule has 0 unspecified atom stereocenters. The Morgan fingerprint density at radius 2 is 1.25 bits per heavy atom. The molecule has 0 aliphatic heterocycles. The van der Waals surface area contributed by atoms with E-state index < -0.39 is 0 Å². The molecule has 0 radical (unpaired) electrons. The Morgan fingerprint density at radius 3 is 1.25 bits per heavy atom. The van der Waals surface area contributed by atoms with Crippen molar-refractivity contribution in [2.24, 2.45) is 0 Å². The van der Waals surface area contributed by atoms with E-state index in [0.717, 1.165) is 0 Å². The first-order valence-electron chi connectivity index (χ1n) is 0.167. The van der Waals surface area contributed by atoms with Gasteiger partial charge in [0.25, 0.3) is 0 Å². The summed E-state index contributed by atoms with van der Waals surface area (Å²) in [7, 11) is 0. The van der Waals surface area contributed by atoms with E-state index in [1.807, 2.05) is 0 Å². The molecule has 0 aromatic rings. The molecule has 4 heavy (non-hydrogen) atoms. The molecule has 0 atom stereocenters. The summed E-state index contributed by atoms with van der Waals surface area (Å²) in [6.07, 6.45) is 0. The summed E-state index contributed by atoms with van der Waals surface area (Å²) in [6.45, 7) is 0. The molecule has 1 N–H and O–H groups in total. The molecule has 0 rings (SSSR count). The van der Waals surface area contributed by atoms with E-state index in [4.69, 9.17) is 3.40 Å². The second-order valence-corrected chi connectivity index (χ2v) is 0. The van der Waals surface area contributed by atoms with Crippen molar-refractivity contribution in [1.82, 2.24) is 0 Å². The predicted molar refractivity (Wildman–Crippen MR) is 9.77 cm³/mol. The Balaban J connectivity index is -0.00000000500. The molecule has 0 spiro atoms. The minimum atomic E-state index is 0. The number of rotatable bonds is 0. The van der Waals surface area contributed by atoms with Gasteiger partial charge in [-0.15, -0.1) is 0 Å². The average molecular weight is 267 g/mol. The van der Waals surface area contributed by atoms with Gasteiger partial charge in [-0.3, -0.25) is 0 Å². The molecule has 0 aromatic carbocycles. The topological polar surface area (TPSA) is 47.1 Å². The fraction of sp³-hybridized carbons (Fsp3) is 0. The molecular weight excluding hydrogens is 265 g/mol. The van der Waals surface area contributed by atoms with E-state index >= 15 is 0 Å². The van der Waals surface area contributed by atoms with E-state index in [0.29, 0.717) is 19.8 Å². The number of hydrogen-bond acceptors (Lipinski definition) is 2. The molecule has 0 bridgehead atoms. The van der Waals surface area contributed by atoms with Gasteiger partial charge in [0.2, 0.25) is 0 Å². The van der Waals surface area contributed by atoms with E-state index in [2.05, 4.69) is 0 Å². The van der Waals surface area contributed by atoms with Crippen LogP contribution in [0.2, 0.25) is 0 Å². The van der Waals surface area contributed by atoms with Gasteiger partial charge >= 0.3 is 72.1 Å². The van der Waals surface area contributed by atoms with Crippen LogP contribution in [0.4, 0.5) is 0 Å². The zero-order valence-electron chi connectivity index (χ0n) is 2.26. The van der Waals surface area contributed by atoms with Crippen LogP contribution in [0, 0.1) is 0 Å². The van der Waals surface area contributed by atoms with Gasteiger partial charge in [0, 0.05) is 0 Å². The summed E-state index contributed by atoms with van der Waals surface area (Å²) in [5.41, 5.74) is 0. The zero-order chi connectivity index (χ0) is 2.00. The van der Waals surface area contributed by atoms with Crippen LogP contribution in [0.5, 0.6) is 0 Å². The summed E-state index contributed by atoms with van der Waals surface area (Å²) in [4.78, 5) is 0. The van der Waals surface area contributed by atoms with Crippen LogP contribution >= 0.6 is 0 Å². The maximum atomic E-state index is 8.26. The predicted octanol–water partition coefficient (Wildman–Crippen LogP) is -0.947. The van der Waals surface area contributed by atoms with Crippen molar-refractivity contribution in [3.63, 3.8) is 0 Å². The van der Waals surface area contributed by atoms with Gasteiger partial charge in [-0.1, -0.05) is 0 Å². The molecule has 0 aliphatic carbocycles. The molecule has 0 aliphatic rings. The van der Waals surface area contributed by atoms with Gasteiger partial charge in [-0.25, -0.2) is 0 Å². The van der Waals surface area contributed by atoms with Gasteiger partial charge in [0.1, 0.15) is 0 Å². The molecule has 0 amide bonds. The summed E-state index contributed by atoms with van der Waals surface area (Å²) in [5, 5.41) is 0. The number of hydrogen-bond donors (Lipinski definition) is 0. The molecule has 0 saturated carbocycles. The Kier molecular flexibility index (Phi) is 82.7. The van der Waals surface area contributed by atoms with Gasteiger partial charge in [0.15, 0.2) is 0 Å². The van der Waals surface area contributed by atoms with Crippen LogP contribution in [-0.2, 0) is 23.2 Å².